The van der Waals surface area contributed by atoms with E-state index in [0.29, 0.717) is 11.0 Å². The molecule has 1 atom stereocenters. The number of hydrogen-bond donors (Lipinski definition) is 0. The third-order valence-electron chi connectivity index (χ3n) is 5.22. The summed E-state index contributed by atoms with van der Waals surface area (Å²) in [4.78, 5) is 13.1. The molecule has 5 nitrogen and oxygen atoms in total. The first-order chi connectivity index (χ1) is 14.2. The van der Waals surface area contributed by atoms with Crippen LogP contribution in [0.1, 0.15) is 16.4 Å². The normalized spacial score (nSPS) is 18.5. The van der Waals surface area contributed by atoms with E-state index in [1.165, 1.54) is 18.1 Å². The van der Waals surface area contributed by atoms with Gasteiger partial charge < -0.3 is 14.0 Å². The Labute approximate surface area is 177 Å². The molecule has 1 unspecified atom stereocenters. The molecule has 5 rings (SSSR count). The molecule has 0 N–H and O–H groups in total. The molecule has 1 saturated heterocycles. The van der Waals surface area contributed by atoms with E-state index < -0.39 is 0 Å². The number of benzene rings is 2. The van der Waals surface area contributed by atoms with Crippen molar-refractivity contribution < 1.29 is 8.57 Å². The van der Waals surface area contributed by atoms with Crippen LogP contribution in [0.25, 0.3) is 0 Å². The van der Waals surface area contributed by atoms with Crippen molar-refractivity contribution in [2.45, 2.75) is 5.25 Å². The minimum atomic E-state index is -0.234. The molecule has 0 amide bonds. The SMILES string of the molecule is Fc1ccc(N2CCN(c3ncc(Cl)cn3)CC2)c(C2SOc3ccccc32)c1. The highest BCUT2D eigenvalue weighted by atomic mass is 35.5. The van der Waals surface area contributed by atoms with Crippen molar-refractivity contribution in [2.75, 3.05) is 36.0 Å². The Kier molecular flexibility index (Phi) is 4.93. The number of rotatable bonds is 3. The van der Waals surface area contributed by atoms with Gasteiger partial charge in [-0.3, -0.25) is 0 Å². The Morgan fingerprint density at radius 2 is 1.69 bits per heavy atom. The summed E-state index contributed by atoms with van der Waals surface area (Å²) in [6.07, 6.45) is 3.23. The van der Waals surface area contributed by atoms with Crippen molar-refractivity contribution in [3.63, 3.8) is 0 Å². The Morgan fingerprint density at radius 1 is 0.966 bits per heavy atom. The first-order valence-electron chi connectivity index (χ1n) is 9.38. The van der Waals surface area contributed by atoms with E-state index in [1.807, 2.05) is 30.3 Å². The first-order valence-corrected chi connectivity index (χ1v) is 10.6. The average Bonchev–Trinajstić information content (AvgIpc) is 3.19. The second-order valence-corrected chi connectivity index (χ2v) is 8.24. The maximum absolute atomic E-state index is 14.2. The van der Waals surface area contributed by atoms with Gasteiger partial charge in [-0.1, -0.05) is 29.8 Å². The minimum Gasteiger partial charge on any atom is -0.424 e. The maximum Gasteiger partial charge on any atom is 0.225 e. The zero-order chi connectivity index (χ0) is 19.8. The highest BCUT2D eigenvalue weighted by molar-refractivity contribution is 7.95. The number of anilines is 2. The predicted octanol–water partition coefficient (Wildman–Crippen LogP) is 4.73. The molecule has 3 aromatic rings. The van der Waals surface area contributed by atoms with Gasteiger partial charge >= 0.3 is 0 Å². The zero-order valence-corrected chi connectivity index (χ0v) is 17.0. The van der Waals surface area contributed by atoms with Gasteiger partial charge in [0.05, 0.1) is 34.7 Å². The molecule has 0 spiro atoms. The summed E-state index contributed by atoms with van der Waals surface area (Å²) < 4.78 is 19.9. The standard InChI is InChI=1S/C21H18ClFN4OS/c22-14-12-24-21(25-13-14)27-9-7-26(8-10-27)18-6-5-15(23)11-17(18)20-16-3-1-2-4-19(16)28-29-20/h1-6,11-13,20H,7-10H2. The fraction of sp³-hybridized carbons (Fsp3) is 0.238. The smallest absolute Gasteiger partial charge is 0.225 e. The van der Waals surface area contributed by atoms with Gasteiger partial charge in [0.1, 0.15) is 11.6 Å². The molecule has 1 fully saturated rings. The van der Waals surface area contributed by atoms with E-state index in [-0.39, 0.29) is 11.1 Å². The van der Waals surface area contributed by atoms with Crippen LogP contribution in [-0.2, 0) is 0 Å². The predicted molar refractivity (Wildman–Crippen MR) is 114 cm³/mol. The lowest BCUT2D eigenvalue weighted by atomic mass is 10.0. The summed E-state index contributed by atoms with van der Waals surface area (Å²) in [6.45, 7) is 3.15. The number of hydrogen-bond acceptors (Lipinski definition) is 6. The lowest BCUT2D eigenvalue weighted by molar-refractivity contribution is 0.619. The number of piperazine rings is 1. The largest absolute Gasteiger partial charge is 0.424 e. The van der Waals surface area contributed by atoms with Crippen molar-refractivity contribution in [3.8, 4) is 5.75 Å². The lowest BCUT2D eigenvalue weighted by Gasteiger charge is -2.37. The summed E-state index contributed by atoms with van der Waals surface area (Å²) in [6, 6.07) is 13.0. The number of nitrogens with zero attached hydrogens (tertiary/aromatic N) is 4. The van der Waals surface area contributed by atoms with Crippen molar-refractivity contribution in [3.05, 3.63) is 76.8 Å². The van der Waals surface area contributed by atoms with Gasteiger partial charge in [-0.2, -0.15) is 0 Å². The van der Waals surface area contributed by atoms with Crippen molar-refractivity contribution in [1.82, 2.24) is 9.97 Å². The van der Waals surface area contributed by atoms with Crippen LogP contribution in [0.3, 0.4) is 0 Å². The monoisotopic (exact) mass is 428 g/mol. The third-order valence-corrected chi connectivity index (χ3v) is 6.39. The average molecular weight is 429 g/mol. The van der Waals surface area contributed by atoms with Gasteiger partial charge in [-0.05, 0) is 29.8 Å². The van der Waals surface area contributed by atoms with Gasteiger partial charge in [0, 0.05) is 37.4 Å². The van der Waals surface area contributed by atoms with Crippen LogP contribution in [0.2, 0.25) is 5.02 Å². The van der Waals surface area contributed by atoms with Crippen LogP contribution in [0, 0.1) is 5.82 Å². The van der Waals surface area contributed by atoms with Crippen molar-refractivity contribution >= 4 is 35.3 Å². The van der Waals surface area contributed by atoms with Crippen molar-refractivity contribution in [2.24, 2.45) is 0 Å². The van der Waals surface area contributed by atoms with Crippen LogP contribution in [0.15, 0.2) is 54.9 Å². The van der Waals surface area contributed by atoms with Gasteiger partial charge in [-0.15, -0.1) is 0 Å². The molecule has 0 bridgehead atoms. The molecule has 2 aliphatic heterocycles. The topological polar surface area (TPSA) is 41.5 Å². The molecule has 29 heavy (non-hydrogen) atoms. The molecule has 2 aromatic carbocycles. The molecule has 148 valence electrons. The Hall–Kier alpha value is -2.51. The fourth-order valence-electron chi connectivity index (χ4n) is 3.78. The Balaban J connectivity index is 1.39. The first kappa shape index (κ1) is 18.5. The molecule has 0 saturated carbocycles. The van der Waals surface area contributed by atoms with E-state index in [4.69, 9.17) is 15.8 Å². The molecule has 1 aromatic heterocycles. The summed E-state index contributed by atoms with van der Waals surface area (Å²) >= 11 is 7.26. The Morgan fingerprint density at radius 3 is 2.48 bits per heavy atom. The summed E-state index contributed by atoms with van der Waals surface area (Å²) in [5.74, 6) is 1.30. The lowest BCUT2D eigenvalue weighted by Crippen LogP contribution is -2.47. The van der Waals surface area contributed by atoms with Crippen LogP contribution < -0.4 is 14.0 Å². The van der Waals surface area contributed by atoms with Gasteiger partial charge in [0.25, 0.3) is 0 Å². The Bertz CT molecular complexity index is 1030. The molecule has 3 heterocycles. The van der Waals surface area contributed by atoms with E-state index in [0.717, 1.165) is 48.7 Å². The molecular formula is C21H18ClFN4OS. The second-order valence-electron chi connectivity index (χ2n) is 6.98. The van der Waals surface area contributed by atoms with E-state index in [1.54, 1.807) is 18.5 Å². The summed E-state index contributed by atoms with van der Waals surface area (Å²) in [7, 11) is 0. The minimum absolute atomic E-state index is 0.0467. The van der Waals surface area contributed by atoms with Crippen LogP contribution >= 0.6 is 23.6 Å². The van der Waals surface area contributed by atoms with Gasteiger partial charge in [0.15, 0.2) is 0 Å². The summed E-state index contributed by atoms with van der Waals surface area (Å²) in [5.41, 5.74) is 3.06. The number of fused-ring (bicyclic) bond motifs is 1. The van der Waals surface area contributed by atoms with Crippen LogP contribution in [0.4, 0.5) is 16.0 Å². The van der Waals surface area contributed by atoms with E-state index in [9.17, 15) is 4.39 Å². The number of aromatic nitrogens is 2. The number of halogens is 2. The van der Waals surface area contributed by atoms with Crippen LogP contribution in [-0.4, -0.2) is 36.1 Å². The maximum atomic E-state index is 14.2. The quantitative estimate of drug-likeness (QED) is 0.562. The highest BCUT2D eigenvalue weighted by Gasteiger charge is 2.31. The highest BCUT2D eigenvalue weighted by Crippen LogP contribution is 2.50. The fourth-order valence-corrected chi connectivity index (χ4v) is 4.82. The zero-order valence-electron chi connectivity index (χ0n) is 15.5. The molecular weight excluding hydrogens is 411 g/mol. The molecule has 0 radical (unpaired) electrons. The molecule has 8 heteroatoms. The number of para-hydroxylation sites is 1. The molecule has 0 aliphatic carbocycles. The van der Waals surface area contributed by atoms with Gasteiger partial charge in [-0.25, -0.2) is 14.4 Å². The summed E-state index contributed by atoms with van der Waals surface area (Å²) in [5, 5.41) is 0.481. The van der Waals surface area contributed by atoms with E-state index >= 15 is 0 Å². The third kappa shape index (κ3) is 3.60. The van der Waals surface area contributed by atoms with Crippen molar-refractivity contribution in [1.29, 1.82) is 0 Å². The molecule has 2 aliphatic rings. The van der Waals surface area contributed by atoms with Crippen LogP contribution in [0.5, 0.6) is 5.75 Å². The second kappa shape index (κ2) is 7.72. The van der Waals surface area contributed by atoms with E-state index in [2.05, 4.69) is 19.8 Å². The van der Waals surface area contributed by atoms with Gasteiger partial charge in [0.2, 0.25) is 5.95 Å².